The van der Waals surface area contributed by atoms with Crippen LogP contribution in [0.25, 0.3) is 0 Å². The highest BCUT2D eigenvalue weighted by molar-refractivity contribution is 6.01. The molecule has 0 bridgehead atoms. The molecule has 5 aliphatic carbocycles. The number of ether oxygens (including phenoxy) is 1. The molecule has 0 aromatic rings. The number of hydrogen-bond donors (Lipinski definition) is 2. The molecule has 5 fully saturated rings. The third-order valence-electron chi connectivity index (χ3n) is 13.2. The Morgan fingerprint density at radius 2 is 1.74 bits per heavy atom. The summed E-state index contributed by atoms with van der Waals surface area (Å²) >= 11 is 0. The molecule has 7 nitrogen and oxygen atoms in total. The van der Waals surface area contributed by atoms with Crippen LogP contribution in [0, 0.1) is 61.6 Å². The Morgan fingerprint density at radius 3 is 2.34 bits per heavy atom. The number of ketones is 2. The van der Waals surface area contributed by atoms with Crippen LogP contribution in [0.1, 0.15) is 87.0 Å². The van der Waals surface area contributed by atoms with Gasteiger partial charge in [-0.2, -0.15) is 5.26 Å². The Labute approximate surface area is 225 Å². The number of nitriles is 1. The van der Waals surface area contributed by atoms with E-state index in [-0.39, 0.29) is 28.8 Å². The van der Waals surface area contributed by atoms with Crippen LogP contribution < -0.4 is 5.73 Å². The summed E-state index contributed by atoms with van der Waals surface area (Å²) in [5.41, 5.74) is 2.06. The lowest BCUT2D eigenvalue weighted by atomic mass is 9.33. The van der Waals surface area contributed by atoms with Crippen LogP contribution in [0.4, 0.5) is 0 Å². The largest absolute Gasteiger partial charge is 0.392 e. The maximum absolute atomic E-state index is 14.4. The van der Waals surface area contributed by atoms with Gasteiger partial charge >= 0.3 is 0 Å². The van der Waals surface area contributed by atoms with Crippen LogP contribution in [0.5, 0.6) is 0 Å². The fraction of sp³-hybridized carbons (Fsp3) is 0.806. The molecule has 0 spiro atoms. The van der Waals surface area contributed by atoms with Gasteiger partial charge in [0, 0.05) is 16.7 Å². The predicted octanol–water partition coefficient (Wildman–Crippen LogP) is 3.87. The summed E-state index contributed by atoms with van der Waals surface area (Å²) in [4.78, 5) is 41.0. The molecule has 1 aliphatic heterocycles. The van der Waals surface area contributed by atoms with E-state index in [0.717, 1.165) is 18.4 Å². The van der Waals surface area contributed by atoms with E-state index in [2.05, 4.69) is 40.7 Å². The molecule has 0 aromatic carbocycles. The highest BCUT2D eigenvalue weighted by Gasteiger charge is 2.82. The van der Waals surface area contributed by atoms with E-state index in [0.29, 0.717) is 25.7 Å². The molecular weight excluding hydrogens is 480 g/mol. The van der Waals surface area contributed by atoms with Crippen LogP contribution in [0.3, 0.4) is 0 Å². The molecule has 7 heteroatoms. The van der Waals surface area contributed by atoms with Gasteiger partial charge in [-0.15, -0.1) is 0 Å². The third-order valence-corrected chi connectivity index (χ3v) is 13.2. The van der Waals surface area contributed by atoms with E-state index in [1.165, 1.54) is 0 Å². The van der Waals surface area contributed by atoms with Crippen molar-refractivity contribution in [2.45, 2.75) is 105 Å². The average Bonchev–Trinajstić information content (AvgIpc) is 3.56. The van der Waals surface area contributed by atoms with Gasteiger partial charge in [-0.25, -0.2) is 0 Å². The molecule has 6 aliphatic rings. The number of rotatable bonds is 1. The zero-order valence-electron chi connectivity index (χ0n) is 23.8. The zero-order valence-corrected chi connectivity index (χ0v) is 23.8. The third kappa shape index (κ3) is 2.56. The number of nitrogens with zero attached hydrogens (tertiary/aromatic N) is 1. The molecule has 38 heavy (non-hydrogen) atoms. The summed E-state index contributed by atoms with van der Waals surface area (Å²) in [6.45, 7) is 14.6. The standard InChI is InChI=1S/C31H42N2O5/c1-25(2)13-16-21-17(34)12-19-27(5,28(21,6)10-11-30(16,24(33)37)20(35)14-25)9-8-18-26(3,4)22(36)31(15-32)23(38-31)29(18,19)7/h12,16,18,20-21,23,35H,8-11,13-14H2,1-7H3,(H2,33,37)/t16-,18-,20?,21-,23?,27+,28+,29-,30-,31?/m0/s1. The van der Waals surface area contributed by atoms with Gasteiger partial charge in [0.1, 0.15) is 12.2 Å². The number of aliphatic hydroxyl groups is 1. The smallest absolute Gasteiger partial charge is 0.240 e. The molecule has 0 radical (unpaired) electrons. The van der Waals surface area contributed by atoms with Crippen molar-refractivity contribution in [2.24, 2.45) is 56.0 Å². The number of carbonyl (C=O) groups is 3. The molecule has 1 amide bonds. The second-order valence-corrected chi connectivity index (χ2v) is 15.6. The highest BCUT2D eigenvalue weighted by atomic mass is 16.6. The zero-order chi connectivity index (χ0) is 28.1. The minimum Gasteiger partial charge on any atom is -0.392 e. The summed E-state index contributed by atoms with van der Waals surface area (Å²) in [5.74, 6) is -1.48. The predicted molar refractivity (Wildman–Crippen MR) is 139 cm³/mol. The number of primary amides is 1. The molecule has 1 saturated heterocycles. The molecule has 4 saturated carbocycles. The van der Waals surface area contributed by atoms with Gasteiger partial charge < -0.3 is 15.6 Å². The van der Waals surface area contributed by atoms with E-state index in [1.54, 1.807) is 6.08 Å². The van der Waals surface area contributed by atoms with E-state index in [1.807, 2.05) is 13.8 Å². The van der Waals surface area contributed by atoms with Gasteiger partial charge in [-0.1, -0.05) is 54.0 Å². The summed E-state index contributed by atoms with van der Waals surface area (Å²) in [5, 5.41) is 21.5. The minimum absolute atomic E-state index is 0.0139. The number of aliphatic hydroxyl groups excluding tert-OH is 1. The maximum atomic E-state index is 14.4. The molecule has 6 rings (SSSR count). The average molecular weight is 523 g/mol. The van der Waals surface area contributed by atoms with E-state index >= 15 is 0 Å². The van der Waals surface area contributed by atoms with Crippen LogP contribution in [0.2, 0.25) is 0 Å². The van der Waals surface area contributed by atoms with Crippen molar-refractivity contribution >= 4 is 17.5 Å². The Balaban J connectivity index is 1.54. The molecule has 3 unspecified atom stereocenters. The fourth-order valence-corrected chi connectivity index (χ4v) is 11.1. The first-order valence-corrected chi connectivity index (χ1v) is 14.3. The molecule has 3 N–H and O–H groups in total. The molecule has 10 atom stereocenters. The normalized spacial score (nSPS) is 53.7. The van der Waals surface area contributed by atoms with Crippen LogP contribution >= 0.6 is 0 Å². The van der Waals surface area contributed by atoms with Crippen molar-refractivity contribution in [2.75, 3.05) is 0 Å². The van der Waals surface area contributed by atoms with Gasteiger partial charge in [0.25, 0.3) is 0 Å². The van der Waals surface area contributed by atoms with Crippen LogP contribution in [-0.4, -0.2) is 40.4 Å². The van der Waals surface area contributed by atoms with E-state index < -0.39 is 56.7 Å². The fourth-order valence-electron chi connectivity index (χ4n) is 11.1. The highest BCUT2D eigenvalue weighted by Crippen LogP contribution is 2.77. The first kappa shape index (κ1) is 26.2. The first-order chi connectivity index (χ1) is 17.4. The molecular formula is C31H42N2O5. The maximum Gasteiger partial charge on any atom is 0.240 e. The van der Waals surface area contributed by atoms with Crippen molar-refractivity contribution in [1.82, 2.24) is 0 Å². The summed E-state index contributed by atoms with van der Waals surface area (Å²) in [6.07, 6.45) is 4.17. The number of nitrogens with two attached hydrogens (primary N) is 1. The van der Waals surface area contributed by atoms with E-state index in [9.17, 15) is 24.8 Å². The number of Topliss-reactive ketones (excluding diaryl/α,β-unsaturated/α-hetero) is 1. The van der Waals surface area contributed by atoms with Crippen molar-refractivity contribution in [3.8, 4) is 6.07 Å². The Hall–Kier alpha value is -2.04. The topological polar surface area (TPSA) is 134 Å². The Bertz CT molecular complexity index is 1260. The summed E-state index contributed by atoms with van der Waals surface area (Å²) in [7, 11) is 0. The van der Waals surface area contributed by atoms with Crippen LogP contribution in [0.15, 0.2) is 11.6 Å². The van der Waals surface area contributed by atoms with Crippen molar-refractivity contribution in [3.05, 3.63) is 11.6 Å². The number of fused-ring (bicyclic) bond motifs is 9. The Morgan fingerprint density at radius 1 is 1.08 bits per heavy atom. The van der Waals surface area contributed by atoms with Crippen molar-refractivity contribution < 1.29 is 24.2 Å². The monoisotopic (exact) mass is 522 g/mol. The lowest BCUT2D eigenvalue weighted by Gasteiger charge is -2.69. The van der Waals surface area contributed by atoms with Crippen LogP contribution in [-0.2, 0) is 19.1 Å². The number of epoxide rings is 1. The minimum atomic E-state index is -1.44. The van der Waals surface area contributed by atoms with Gasteiger partial charge in [-0.05, 0) is 72.7 Å². The SMILES string of the molecule is CC1(C)CC(O)[C@]2(C(N)=O)CC[C@]3(C)[C@H](C(=O)C=C4[C@@]5(C)C6OC6(C#N)C(=O)C(C)(C)[C@@H]5CC[C@]43C)[C@@H]2C1. The van der Waals surface area contributed by atoms with Gasteiger partial charge in [0.15, 0.2) is 11.6 Å². The van der Waals surface area contributed by atoms with Gasteiger partial charge in [0.2, 0.25) is 11.5 Å². The van der Waals surface area contributed by atoms with Gasteiger partial charge in [0.05, 0.1) is 11.5 Å². The molecule has 1 heterocycles. The second-order valence-electron chi connectivity index (χ2n) is 15.6. The quantitative estimate of drug-likeness (QED) is 0.502. The lowest BCUT2D eigenvalue weighted by molar-refractivity contribution is -0.200. The van der Waals surface area contributed by atoms with Crippen molar-refractivity contribution in [3.63, 3.8) is 0 Å². The van der Waals surface area contributed by atoms with E-state index in [4.69, 9.17) is 10.5 Å². The molecule has 0 aromatic heterocycles. The number of carbonyl (C=O) groups excluding carboxylic acids is 3. The molecule has 206 valence electrons. The second kappa shape index (κ2) is 6.99. The van der Waals surface area contributed by atoms with Gasteiger partial charge in [-0.3, -0.25) is 14.4 Å². The summed E-state index contributed by atoms with van der Waals surface area (Å²) in [6, 6.07) is 2.21. The number of allylic oxidation sites excluding steroid dienone is 1. The summed E-state index contributed by atoms with van der Waals surface area (Å²) < 4.78 is 6.05. The van der Waals surface area contributed by atoms with Crippen molar-refractivity contribution in [1.29, 1.82) is 5.26 Å². The first-order valence-electron chi connectivity index (χ1n) is 14.3. The number of hydrogen-bond acceptors (Lipinski definition) is 6. The Kier molecular flexibility index (Phi) is 4.82. The number of amides is 1. The lowest BCUT2D eigenvalue weighted by Crippen LogP contribution is -2.70.